The lowest BCUT2D eigenvalue weighted by atomic mass is 9.77. The van der Waals surface area contributed by atoms with E-state index in [-0.39, 0.29) is 17.9 Å². The minimum absolute atomic E-state index is 0.0730. The summed E-state index contributed by atoms with van der Waals surface area (Å²) in [7, 11) is 1.63. The van der Waals surface area contributed by atoms with Gasteiger partial charge in [0, 0.05) is 31.0 Å². The summed E-state index contributed by atoms with van der Waals surface area (Å²) in [6.45, 7) is 1.52. The number of ether oxygens (including phenoxy) is 2. The highest BCUT2D eigenvalue weighted by Crippen LogP contribution is 2.52. The maximum absolute atomic E-state index is 13.1. The molecule has 26 heavy (non-hydrogen) atoms. The Morgan fingerprint density at radius 3 is 2.92 bits per heavy atom. The second-order valence-electron chi connectivity index (χ2n) is 6.94. The predicted octanol–water partition coefficient (Wildman–Crippen LogP) is 1.78. The highest BCUT2D eigenvalue weighted by Gasteiger charge is 2.66. The summed E-state index contributed by atoms with van der Waals surface area (Å²) in [5.74, 6) is -1.19. The van der Waals surface area contributed by atoms with E-state index < -0.39 is 17.4 Å². The molecule has 3 aliphatic rings. The maximum atomic E-state index is 13.1. The predicted molar refractivity (Wildman–Crippen MR) is 97.0 cm³/mol. The van der Waals surface area contributed by atoms with Crippen molar-refractivity contribution >= 4 is 29.1 Å². The van der Waals surface area contributed by atoms with Gasteiger partial charge in [-0.1, -0.05) is 23.8 Å². The number of nitrogens with one attached hydrogen (secondary N) is 1. The molecule has 3 aliphatic heterocycles. The van der Waals surface area contributed by atoms with Gasteiger partial charge >= 0.3 is 0 Å². The van der Waals surface area contributed by atoms with Crippen molar-refractivity contribution in [2.45, 2.75) is 18.1 Å². The number of fused-ring (bicyclic) bond motifs is 1. The van der Waals surface area contributed by atoms with Gasteiger partial charge in [0.15, 0.2) is 0 Å². The van der Waals surface area contributed by atoms with Crippen molar-refractivity contribution in [3.8, 4) is 0 Å². The molecule has 0 radical (unpaired) electrons. The van der Waals surface area contributed by atoms with Crippen molar-refractivity contribution in [3.63, 3.8) is 0 Å². The molecule has 7 heteroatoms. The first kappa shape index (κ1) is 17.5. The molecule has 1 aromatic carbocycles. The summed E-state index contributed by atoms with van der Waals surface area (Å²) < 4.78 is 11.1. The van der Waals surface area contributed by atoms with Crippen LogP contribution in [0.2, 0.25) is 5.02 Å². The van der Waals surface area contributed by atoms with Crippen LogP contribution in [0.15, 0.2) is 36.4 Å². The van der Waals surface area contributed by atoms with Crippen molar-refractivity contribution in [2.75, 3.05) is 31.7 Å². The second kappa shape index (κ2) is 6.68. The molecule has 1 N–H and O–H groups in total. The highest BCUT2D eigenvalue weighted by atomic mass is 35.5. The number of methoxy groups -OCH3 is 1. The molecule has 0 saturated carbocycles. The smallest absolute Gasteiger partial charge is 0.234 e. The first-order valence-electron chi connectivity index (χ1n) is 8.76. The third-order valence-electron chi connectivity index (χ3n) is 5.37. The molecular weight excluding hydrogens is 356 g/mol. The Balaban J connectivity index is 1.53. The van der Waals surface area contributed by atoms with Gasteiger partial charge in [-0.25, -0.2) is 0 Å². The zero-order chi connectivity index (χ0) is 18.3. The monoisotopic (exact) mass is 376 g/mol. The van der Waals surface area contributed by atoms with E-state index in [9.17, 15) is 9.59 Å². The minimum Gasteiger partial charge on any atom is -0.385 e. The number of amides is 2. The van der Waals surface area contributed by atoms with Crippen LogP contribution in [0.4, 0.5) is 5.69 Å². The van der Waals surface area contributed by atoms with Gasteiger partial charge in [0.2, 0.25) is 11.8 Å². The molecule has 4 rings (SSSR count). The largest absolute Gasteiger partial charge is 0.385 e. The number of nitrogens with zero attached hydrogens (tertiary/aromatic N) is 1. The number of carbonyl (C=O) groups excluding carboxylic acids is 2. The number of carbonyl (C=O) groups is 2. The molecule has 0 unspecified atom stereocenters. The molecule has 2 bridgehead atoms. The van der Waals surface area contributed by atoms with Crippen LogP contribution in [0.25, 0.3) is 0 Å². The highest BCUT2D eigenvalue weighted by molar-refractivity contribution is 6.30. The lowest BCUT2D eigenvalue weighted by molar-refractivity contribution is -0.131. The van der Waals surface area contributed by atoms with E-state index in [1.54, 1.807) is 24.1 Å². The van der Waals surface area contributed by atoms with Crippen LogP contribution in [0.5, 0.6) is 0 Å². The Bertz CT molecular complexity index is 750. The van der Waals surface area contributed by atoms with Gasteiger partial charge in [-0.15, -0.1) is 0 Å². The van der Waals surface area contributed by atoms with Gasteiger partial charge in [0.25, 0.3) is 0 Å². The quantitative estimate of drug-likeness (QED) is 0.607. The molecule has 138 valence electrons. The molecule has 4 atom stereocenters. The third kappa shape index (κ3) is 2.73. The summed E-state index contributed by atoms with van der Waals surface area (Å²) in [4.78, 5) is 27.5. The van der Waals surface area contributed by atoms with E-state index in [2.05, 4.69) is 5.32 Å². The van der Waals surface area contributed by atoms with E-state index >= 15 is 0 Å². The fourth-order valence-electron chi connectivity index (χ4n) is 4.18. The fourth-order valence-corrected chi connectivity index (χ4v) is 4.31. The van der Waals surface area contributed by atoms with E-state index in [4.69, 9.17) is 21.1 Å². The van der Waals surface area contributed by atoms with Crippen LogP contribution in [0, 0.1) is 11.8 Å². The number of anilines is 1. The van der Waals surface area contributed by atoms with Crippen molar-refractivity contribution in [2.24, 2.45) is 11.8 Å². The van der Waals surface area contributed by atoms with Gasteiger partial charge in [-0.3, -0.25) is 9.59 Å². The number of rotatable bonds is 6. The average Bonchev–Trinajstić information content (AvgIpc) is 3.28. The van der Waals surface area contributed by atoms with Crippen molar-refractivity contribution in [3.05, 3.63) is 41.4 Å². The summed E-state index contributed by atoms with van der Waals surface area (Å²) in [6.07, 6.45) is 4.26. The van der Waals surface area contributed by atoms with Crippen molar-refractivity contribution in [1.29, 1.82) is 0 Å². The molecule has 2 fully saturated rings. The van der Waals surface area contributed by atoms with Crippen molar-refractivity contribution < 1.29 is 19.1 Å². The molecule has 6 nitrogen and oxygen atoms in total. The molecule has 0 aromatic heterocycles. The fraction of sp³-hybridized carbons (Fsp3) is 0.474. The lowest BCUT2D eigenvalue weighted by Gasteiger charge is -2.23. The SMILES string of the molecule is COCCCNC(=O)[C@H]1[C@@H]2C=C[C@]3(CN(c4ccc(Cl)cc4)C(=O)[C@@H]13)O2. The third-order valence-corrected chi connectivity index (χ3v) is 5.62. The van der Waals surface area contributed by atoms with Crippen LogP contribution in [0.1, 0.15) is 6.42 Å². The van der Waals surface area contributed by atoms with Crippen molar-refractivity contribution in [1.82, 2.24) is 5.32 Å². The number of hydrogen-bond donors (Lipinski definition) is 1. The van der Waals surface area contributed by atoms with Crippen LogP contribution in [-0.4, -0.2) is 50.3 Å². The van der Waals surface area contributed by atoms with Gasteiger partial charge in [-0.2, -0.15) is 0 Å². The Hall–Kier alpha value is -1.89. The first-order chi connectivity index (χ1) is 12.6. The summed E-state index contributed by atoms with van der Waals surface area (Å²) in [5.41, 5.74) is 0.0542. The molecule has 1 spiro atoms. The molecule has 2 saturated heterocycles. The number of halogens is 1. The molecule has 0 aliphatic carbocycles. The molecule has 3 heterocycles. The molecular formula is C19H21ClN2O4. The van der Waals surface area contributed by atoms with Crippen LogP contribution in [0.3, 0.4) is 0 Å². The van der Waals surface area contributed by atoms with Gasteiger partial charge in [0.05, 0.1) is 24.5 Å². The standard InChI is InChI=1S/C19H21ClN2O4/c1-25-10-2-9-21-17(23)15-14-7-8-19(26-14)11-22(18(24)16(15)19)13-5-3-12(20)4-6-13/h3-8,14-16H,2,9-11H2,1H3,(H,21,23)/t14-,15-,16+,19+/m0/s1. The lowest BCUT2D eigenvalue weighted by Crippen LogP contribution is -2.44. The molecule has 2 amide bonds. The Labute approximate surface area is 157 Å². The minimum atomic E-state index is -0.712. The van der Waals surface area contributed by atoms with Gasteiger partial charge < -0.3 is 19.7 Å². The number of benzene rings is 1. The Morgan fingerprint density at radius 2 is 2.19 bits per heavy atom. The zero-order valence-electron chi connectivity index (χ0n) is 14.5. The Kier molecular flexibility index (Phi) is 4.50. The molecule has 1 aromatic rings. The van der Waals surface area contributed by atoms with E-state index in [1.165, 1.54) is 0 Å². The van der Waals surface area contributed by atoms with Gasteiger partial charge in [0.1, 0.15) is 5.60 Å². The summed E-state index contributed by atoms with van der Waals surface area (Å²) >= 11 is 5.95. The average molecular weight is 377 g/mol. The topological polar surface area (TPSA) is 67.9 Å². The first-order valence-corrected chi connectivity index (χ1v) is 9.14. The summed E-state index contributed by atoms with van der Waals surface area (Å²) in [5, 5.41) is 3.53. The van der Waals surface area contributed by atoms with Crippen LogP contribution in [-0.2, 0) is 19.1 Å². The number of hydrogen-bond acceptors (Lipinski definition) is 4. The van der Waals surface area contributed by atoms with Crippen LogP contribution < -0.4 is 10.2 Å². The zero-order valence-corrected chi connectivity index (χ0v) is 15.2. The Morgan fingerprint density at radius 1 is 1.42 bits per heavy atom. The van der Waals surface area contributed by atoms with E-state index in [0.29, 0.717) is 24.7 Å². The summed E-state index contributed by atoms with van der Waals surface area (Å²) in [6, 6.07) is 7.13. The van der Waals surface area contributed by atoms with E-state index in [0.717, 1.165) is 12.1 Å². The second-order valence-corrected chi connectivity index (χ2v) is 7.37. The van der Waals surface area contributed by atoms with Gasteiger partial charge in [-0.05, 0) is 30.7 Å². The maximum Gasteiger partial charge on any atom is 0.234 e. The van der Waals surface area contributed by atoms with E-state index in [1.807, 2.05) is 24.3 Å². The normalized spacial score (nSPS) is 31.5. The van der Waals surface area contributed by atoms with Crippen LogP contribution >= 0.6 is 11.6 Å².